The van der Waals surface area contributed by atoms with Crippen molar-refractivity contribution in [3.63, 3.8) is 0 Å². The third-order valence-corrected chi connectivity index (χ3v) is 5.30. The van der Waals surface area contributed by atoms with Crippen molar-refractivity contribution >= 4 is 76.5 Å². The Labute approximate surface area is 262 Å². The van der Waals surface area contributed by atoms with E-state index in [9.17, 15) is 0 Å². The molecule has 4 nitrogen and oxygen atoms in total. The summed E-state index contributed by atoms with van der Waals surface area (Å²) in [5.41, 5.74) is 5.06. The number of halogens is 4. The summed E-state index contributed by atoms with van der Waals surface area (Å²) in [6, 6.07) is 18.8. The van der Waals surface area contributed by atoms with E-state index in [4.69, 9.17) is 0 Å². The summed E-state index contributed by atoms with van der Waals surface area (Å²) in [6.07, 6.45) is 0. The molecule has 0 atom stereocenters. The molecule has 0 amide bonds. The molecule has 0 saturated heterocycles. The van der Waals surface area contributed by atoms with E-state index in [1.807, 2.05) is 0 Å². The molecular formula is C26H36Br4N4Pd2. The number of rotatable bonds is 4. The molecule has 208 valence electrons. The van der Waals surface area contributed by atoms with Crippen molar-refractivity contribution in [2.45, 2.75) is 79.6 Å². The molecule has 2 aromatic carbocycles. The molecule has 36 heavy (non-hydrogen) atoms. The van der Waals surface area contributed by atoms with E-state index in [1.54, 1.807) is 0 Å². The molecule has 10 heteroatoms. The standard InChI is InChI=1S/2C13H18N2.4BrH.2Pd/c2*1-10(2)14-9-15(11(3)4)13-8-6-5-7-12(13)14;;;;;;/h2*5-8,10-11H,1-4H3;4*1H;;/q;;;;;;2*+2/p-4. The monoisotopic (exact) mass is 932 g/mol. The molecule has 4 rings (SSSR count). The van der Waals surface area contributed by atoms with E-state index in [2.05, 4.69) is 191 Å². The van der Waals surface area contributed by atoms with Crippen LogP contribution in [0.15, 0.2) is 48.5 Å². The second kappa shape index (κ2) is 18.3. The number of benzene rings is 2. The van der Waals surface area contributed by atoms with Gasteiger partial charge in [-0.05, 0) is 79.7 Å². The van der Waals surface area contributed by atoms with Crippen molar-refractivity contribution < 1.29 is 27.9 Å². The van der Waals surface area contributed by atoms with Gasteiger partial charge in [-0.1, -0.05) is 24.3 Å². The second-order valence-electron chi connectivity index (χ2n) is 9.12. The van der Waals surface area contributed by atoms with Crippen LogP contribution in [0.4, 0.5) is 22.7 Å². The van der Waals surface area contributed by atoms with Gasteiger partial charge in [0.1, 0.15) is 0 Å². The summed E-state index contributed by atoms with van der Waals surface area (Å²) < 4.78 is 0. The molecule has 0 bridgehead atoms. The van der Waals surface area contributed by atoms with Gasteiger partial charge >= 0.3 is 81.6 Å². The van der Waals surface area contributed by atoms with Crippen LogP contribution in [-0.2, 0) is 27.9 Å². The topological polar surface area (TPSA) is 13.0 Å². The van der Waals surface area contributed by atoms with Crippen LogP contribution < -0.4 is 19.6 Å². The van der Waals surface area contributed by atoms with E-state index in [1.165, 1.54) is 22.7 Å². The maximum absolute atomic E-state index is 3.42. The Morgan fingerprint density at radius 2 is 0.639 bits per heavy atom. The zero-order valence-corrected chi connectivity index (χ0v) is 31.3. The van der Waals surface area contributed by atoms with Gasteiger partial charge in [0, 0.05) is 24.2 Å². The fourth-order valence-electron chi connectivity index (χ4n) is 3.77. The minimum atomic E-state index is 0.454. The van der Waals surface area contributed by atoms with Gasteiger partial charge < -0.3 is 19.6 Å². The third-order valence-electron chi connectivity index (χ3n) is 5.30. The third kappa shape index (κ3) is 10.1. The van der Waals surface area contributed by atoms with Crippen LogP contribution in [0.1, 0.15) is 55.4 Å². The van der Waals surface area contributed by atoms with E-state index in [0.717, 1.165) is 0 Å². The molecule has 0 spiro atoms. The zero-order chi connectivity index (χ0) is 27.4. The SMILES string of the molecule is CC(C)N1[C]N(C(C)C)c2ccccc21.CC(C)N1[C]N(C(C)C)c2ccccc21.[Br][Pd][Br].[Br][Pd][Br]. The van der Waals surface area contributed by atoms with Crippen molar-refractivity contribution in [1.29, 1.82) is 0 Å². The zero-order valence-electron chi connectivity index (χ0n) is 21.9. The Bertz CT molecular complexity index is 749. The summed E-state index contributed by atoms with van der Waals surface area (Å²) in [7, 11) is 0. The molecule has 2 heterocycles. The molecule has 0 N–H and O–H groups in total. The molecule has 0 fully saturated rings. The minimum absolute atomic E-state index is 0.454. The van der Waals surface area contributed by atoms with Crippen LogP contribution in [-0.4, -0.2) is 24.2 Å². The molecule has 0 unspecified atom stereocenters. The molecule has 0 saturated carbocycles. The van der Waals surface area contributed by atoms with Crippen LogP contribution in [0.2, 0.25) is 0 Å². The first-order valence-electron chi connectivity index (χ1n) is 11.6. The molecule has 2 aromatic rings. The number of fused-ring (bicyclic) bond motifs is 2. The van der Waals surface area contributed by atoms with E-state index in [0.29, 0.717) is 52.1 Å². The van der Waals surface area contributed by atoms with Crippen molar-refractivity contribution in [2.24, 2.45) is 0 Å². The van der Waals surface area contributed by atoms with Gasteiger partial charge in [0.15, 0.2) is 0 Å². The number of para-hydroxylation sites is 4. The van der Waals surface area contributed by atoms with Crippen molar-refractivity contribution in [3.8, 4) is 0 Å². The van der Waals surface area contributed by atoms with Crippen LogP contribution in [0.25, 0.3) is 0 Å². The van der Waals surface area contributed by atoms with Crippen LogP contribution in [0, 0.1) is 13.3 Å². The summed E-state index contributed by atoms with van der Waals surface area (Å²) in [4.78, 5) is 8.81. The molecule has 2 aliphatic heterocycles. The summed E-state index contributed by atoms with van der Waals surface area (Å²) in [5, 5.41) is 0. The maximum atomic E-state index is 3.42. The molecular weight excluding hydrogens is 901 g/mol. The quantitative estimate of drug-likeness (QED) is 0.284. The Morgan fingerprint density at radius 3 is 0.778 bits per heavy atom. The normalized spacial score (nSPS) is 14.0. The Hall–Kier alpha value is 0.885. The Balaban J connectivity index is 0.000000296. The Morgan fingerprint density at radius 1 is 0.472 bits per heavy atom. The predicted octanol–water partition coefficient (Wildman–Crippen LogP) is 9.63. The summed E-state index contributed by atoms with van der Waals surface area (Å²) in [6.45, 7) is 24.3. The first-order chi connectivity index (χ1) is 17.0. The van der Waals surface area contributed by atoms with E-state index < -0.39 is 0 Å². The molecule has 2 aliphatic rings. The summed E-state index contributed by atoms with van der Waals surface area (Å²) in [5.74, 6) is 0. The van der Waals surface area contributed by atoms with Gasteiger partial charge in [-0.3, -0.25) is 0 Å². The fourth-order valence-corrected chi connectivity index (χ4v) is 3.77. The van der Waals surface area contributed by atoms with Crippen molar-refractivity contribution in [3.05, 3.63) is 61.9 Å². The second-order valence-corrected chi connectivity index (χ2v) is 23.5. The van der Waals surface area contributed by atoms with Gasteiger partial charge in [0.25, 0.3) is 0 Å². The van der Waals surface area contributed by atoms with Gasteiger partial charge in [0.05, 0.1) is 22.7 Å². The predicted molar refractivity (Wildman–Crippen MR) is 166 cm³/mol. The van der Waals surface area contributed by atoms with Gasteiger partial charge in [-0.2, -0.15) is 0 Å². The van der Waals surface area contributed by atoms with Gasteiger partial charge in [-0.15, -0.1) is 0 Å². The van der Waals surface area contributed by atoms with Crippen molar-refractivity contribution in [1.82, 2.24) is 0 Å². The van der Waals surface area contributed by atoms with Gasteiger partial charge in [-0.25, -0.2) is 0 Å². The first-order valence-corrected chi connectivity index (χ1v) is 25.8. The average molecular weight is 937 g/mol. The number of hydrogen-bond donors (Lipinski definition) is 0. The van der Waals surface area contributed by atoms with Crippen LogP contribution >= 0.6 is 53.7 Å². The summed E-state index contributed by atoms with van der Waals surface area (Å²) >= 11 is 13.6. The molecule has 4 radical (unpaired) electrons. The molecule has 0 aliphatic carbocycles. The van der Waals surface area contributed by atoms with Crippen molar-refractivity contribution in [2.75, 3.05) is 19.6 Å². The number of nitrogens with zero attached hydrogens (tertiary/aromatic N) is 4. The first kappa shape index (κ1) is 34.9. The number of anilines is 4. The van der Waals surface area contributed by atoms with Gasteiger partial charge in [0.2, 0.25) is 13.3 Å². The van der Waals surface area contributed by atoms with E-state index >= 15 is 0 Å². The Kier molecular flexibility index (Phi) is 17.7. The average Bonchev–Trinajstić information content (AvgIpc) is 3.40. The fraction of sp³-hybridized carbons (Fsp3) is 0.462. The van der Waals surface area contributed by atoms with Crippen LogP contribution in [0.3, 0.4) is 0 Å². The van der Waals surface area contributed by atoms with E-state index in [-0.39, 0.29) is 0 Å². The van der Waals surface area contributed by atoms with Crippen LogP contribution in [0.5, 0.6) is 0 Å². The number of hydrogen-bond acceptors (Lipinski definition) is 4. The molecule has 0 aromatic heterocycles.